The molecule has 104 valence electrons. The van der Waals surface area contributed by atoms with Crippen molar-refractivity contribution in [3.8, 4) is 6.07 Å². The Morgan fingerprint density at radius 1 is 1.38 bits per heavy atom. The van der Waals surface area contributed by atoms with Gasteiger partial charge in [-0.2, -0.15) is 9.65 Å². The zero-order chi connectivity index (χ0) is 15.4. The van der Waals surface area contributed by atoms with E-state index in [1.54, 1.807) is 6.07 Å². The van der Waals surface area contributed by atoms with Crippen molar-refractivity contribution >= 4 is 17.3 Å². The van der Waals surface area contributed by atoms with Crippen molar-refractivity contribution in [3.05, 3.63) is 63.7 Å². The zero-order valence-electron chi connectivity index (χ0n) is 10.4. The number of halogens is 1. The Labute approximate surface area is 117 Å². The molecule has 0 aliphatic carbocycles. The molecule has 0 bridgehead atoms. The van der Waals surface area contributed by atoms with Crippen molar-refractivity contribution in [2.24, 2.45) is 0 Å². The van der Waals surface area contributed by atoms with E-state index in [2.05, 4.69) is 10.3 Å². The summed E-state index contributed by atoms with van der Waals surface area (Å²) in [6, 6.07) is 7.62. The van der Waals surface area contributed by atoms with Crippen LogP contribution in [-0.4, -0.2) is 15.8 Å². The van der Waals surface area contributed by atoms with Gasteiger partial charge in [0.15, 0.2) is 0 Å². The summed E-state index contributed by atoms with van der Waals surface area (Å²) in [6.45, 7) is 0. The van der Waals surface area contributed by atoms with Crippen molar-refractivity contribution in [2.75, 3.05) is 5.32 Å². The number of benzene rings is 1. The van der Waals surface area contributed by atoms with Crippen molar-refractivity contribution in [1.29, 1.82) is 5.26 Å². The Hall–Kier alpha value is -3.34. The summed E-state index contributed by atoms with van der Waals surface area (Å²) < 4.78 is 12.7. The second kappa shape index (κ2) is 5.75. The van der Waals surface area contributed by atoms with Gasteiger partial charge in [-0.1, -0.05) is 0 Å². The third-order valence-corrected chi connectivity index (χ3v) is 2.56. The molecule has 1 aromatic heterocycles. The third-order valence-electron chi connectivity index (χ3n) is 2.56. The highest BCUT2D eigenvalue weighted by molar-refractivity contribution is 6.05. The van der Waals surface area contributed by atoms with Gasteiger partial charge in [0.1, 0.15) is 5.69 Å². The number of nitriles is 1. The number of amides is 1. The number of carbonyl (C=O) groups excluding carboxylic acids is 1. The van der Waals surface area contributed by atoms with Gasteiger partial charge in [-0.25, -0.2) is 4.98 Å². The van der Waals surface area contributed by atoms with Crippen LogP contribution in [0.5, 0.6) is 0 Å². The van der Waals surface area contributed by atoms with Crippen molar-refractivity contribution in [3.63, 3.8) is 0 Å². The number of nitro groups is 1. The molecular weight excluding hydrogens is 279 g/mol. The SMILES string of the molecule is N#Cc1ccc(NC(=O)c2ccc(F)nc2)c([N+](=O)[O-])c1. The maximum absolute atomic E-state index is 12.7. The lowest BCUT2D eigenvalue weighted by atomic mass is 10.1. The number of pyridine rings is 1. The minimum absolute atomic E-state index is 0.0510. The Morgan fingerprint density at radius 3 is 2.71 bits per heavy atom. The Balaban J connectivity index is 2.31. The van der Waals surface area contributed by atoms with Crippen molar-refractivity contribution in [2.45, 2.75) is 0 Å². The number of aromatic nitrogens is 1. The fourth-order valence-corrected chi connectivity index (χ4v) is 1.56. The van der Waals surface area contributed by atoms with E-state index in [4.69, 9.17) is 5.26 Å². The lowest BCUT2D eigenvalue weighted by Crippen LogP contribution is -2.13. The summed E-state index contributed by atoms with van der Waals surface area (Å²) in [6.07, 6.45) is 1.01. The van der Waals surface area contributed by atoms with E-state index in [1.165, 1.54) is 18.2 Å². The van der Waals surface area contributed by atoms with Gasteiger partial charge in [-0.3, -0.25) is 14.9 Å². The maximum atomic E-state index is 12.7. The van der Waals surface area contributed by atoms with Crippen LogP contribution in [0.2, 0.25) is 0 Å². The molecule has 1 aromatic carbocycles. The Bertz CT molecular complexity index is 753. The number of hydrogen-bond donors (Lipinski definition) is 1. The van der Waals surface area contributed by atoms with Gasteiger partial charge in [-0.15, -0.1) is 0 Å². The molecular formula is C13H7FN4O3. The summed E-state index contributed by atoms with van der Waals surface area (Å²) in [5.74, 6) is -1.41. The monoisotopic (exact) mass is 286 g/mol. The fourth-order valence-electron chi connectivity index (χ4n) is 1.56. The summed E-state index contributed by atoms with van der Waals surface area (Å²) in [5.41, 5.74) is -0.316. The van der Waals surface area contributed by atoms with E-state index in [0.29, 0.717) is 0 Å². The zero-order valence-corrected chi connectivity index (χ0v) is 10.4. The lowest BCUT2D eigenvalue weighted by molar-refractivity contribution is -0.383. The van der Waals surface area contributed by atoms with Crippen molar-refractivity contribution in [1.82, 2.24) is 4.98 Å². The molecule has 21 heavy (non-hydrogen) atoms. The second-order valence-electron chi connectivity index (χ2n) is 3.92. The van der Waals surface area contributed by atoms with Gasteiger partial charge in [0.05, 0.1) is 22.1 Å². The van der Waals surface area contributed by atoms with Gasteiger partial charge < -0.3 is 5.32 Å². The molecule has 0 saturated carbocycles. The first-order valence-electron chi connectivity index (χ1n) is 5.62. The van der Waals surface area contributed by atoms with E-state index >= 15 is 0 Å². The fraction of sp³-hybridized carbons (Fsp3) is 0. The van der Waals surface area contributed by atoms with E-state index in [-0.39, 0.29) is 16.8 Å². The molecule has 0 radical (unpaired) electrons. The van der Waals surface area contributed by atoms with E-state index in [0.717, 1.165) is 18.3 Å². The summed E-state index contributed by atoms with van der Waals surface area (Å²) in [4.78, 5) is 25.4. The molecule has 0 fully saturated rings. The molecule has 8 heteroatoms. The lowest BCUT2D eigenvalue weighted by Gasteiger charge is -2.06. The average Bonchev–Trinajstić information content (AvgIpc) is 2.48. The van der Waals surface area contributed by atoms with Crippen LogP contribution in [0.25, 0.3) is 0 Å². The molecule has 1 amide bonds. The second-order valence-corrected chi connectivity index (χ2v) is 3.92. The first kappa shape index (κ1) is 14.1. The predicted octanol–water partition coefficient (Wildman–Crippen LogP) is 2.25. The molecule has 7 nitrogen and oxygen atoms in total. The van der Waals surface area contributed by atoms with Crippen LogP contribution in [0.1, 0.15) is 15.9 Å². The first-order valence-corrected chi connectivity index (χ1v) is 5.62. The number of anilines is 1. The minimum Gasteiger partial charge on any atom is -0.316 e. The van der Waals surface area contributed by atoms with Gasteiger partial charge >= 0.3 is 0 Å². The van der Waals surface area contributed by atoms with Crippen LogP contribution in [-0.2, 0) is 0 Å². The van der Waals surface area contributed by atoms with Gasteiger partial charge in [0.25, 0.3) is 11.6 Å². The molecule has 1 N–H and O–H groups in total. The predicted molar refractivity (Wildman–Crippen MR) is 70.0 cm³/mol. The highest BCUT2D eigenvalue weighted by Gasteiger charge is 2.17. The quantitative estimate of drug-likeness (QED) is 0.528. The molecule has 1 heterocycles. The highest BCUT2D eigenvalue weighted by atomic mass is 19.1. The summed E-state index contributed by atoms with van der Waals surface area (Å²) >= 11 is 0. The minimum atomic E-state index is -0.740. The van der Waals surface area contributed by atoms with Gasteiger partial charge in [0, 0.05) is 12.3 Å². The molecule has 2 rings (SSSR count). The molecule has 0 unspecified atom stereocenters. The van der Waals surface area contributed by atoms with Crippen LogP contribution in [0.4, 0.5) is 15.8 Å². The highest BCUT2D eigenvalue weighted by Crippen LogP contribution is 2.25. The number of hydrogen-bond acceptors (Lipinski definition) is 5. The number of nitrogens with one attached hydrogen (secondary N) is 1. The summed E-state index contributed by atoms with van der Waals surface area (Å²) in [7, 11) is 0. The first-order chi connectivity index (χ1) is 10.0. The van der Waals surface area contributed by atoms with Crippen LogP contribution in [0.3, 0.4) is 0 Å². The molecule has 0 spiro atoms. The van der Waals surface area contributed by atoms with Crippen LogP contribution in [0, 0.1) is 27.4 Å². The number of rotatable bonds is 3. The molecule has 0 saturated heterocycles. The molecule has 2 aromatic rings. The van der Waals surface area contributed by atoms with Crippen LogP contribution >= 0.6 is 0 Å². The number of carbonyl (C=O) groups is 1. The smallest absolute Gasteiger partial charge is 0.294 e. The van der Waals surface area contributed by atoms with Gasteiger partial charge in [-0.05, 0) is 24.3 Å². The number of nitrogens with zero attached hydrogens (tertiary/aromatic N) is 3. The standard InChI is InChI=1S/C13H7FN4O3/c14-12-4-2-9(7-16-12)13(19)17-10-3-1-8(6-15)5-11(10)18(20)21/h1-5,7H,(H,17,19). The largest absolute Gasteiger partial charge is 0.316 e. The van der Waals surface area contributed by atoms with Gasteiger partial charge in [0.2, 0.25) is 5.95 Å². The average molecular weight is 286 g/mol. The summed E-state index contributed by atoms with van der Waals surface area (Å²) in [5, 5.41) is 22.0. The van der Waals surface area contributed by atoms with Crippen LogP contribution < -0.4 is 5.32 Å². The number of nitro benzene ring substituents is 1. The van der Waals surface area contributed by atoms with Crippen molar-refractivity contribution < 1.29 is 14.1 Å². The Kier molecular flexibility index (Phi) is 3.85. The van der Waals surface area contributed by atoms with Crippen LogP contribution in [0.15, 0.2) is 36.5 Å². The third kappa shape index (κ3) is 3.16. The molecule has 0 aliphatic heterocycles. The molecule has 0 aliphatic rings. The normalized spacial score (nSPS) is 9.71. The maximum Gasteiger partial charge on any atom is 0.294 e. The molecule has 0 atom stereocenters. The topological polar surface area (TPSA) is 109 Å². The Morgan fingerprint density at radius 2 is 2.14 bits per heavy atom. The van der Waals surface area contributed by atoms with E-state index < -0.39 is 22.5 Å². The van der Waals surface area contributed by atoms with E-state index in [9.17, 15) is 19.3 Å². The van der Waals surface area contributed by atoms with E-state index in [1.807, 2.05) is 0 Å².